The highest BCUT2D eigenvalue weighted by molar-refractivity contribution is 5.48. The van der Waals surface area contributed by atoms with Gasteiger partial charge in [0.1, 0.15) is 13.2 Å². The van der Waals surface area contributed by atoms with Gasteiger partial charge in [0.2, 0.25) is 0 Å². The summed E-state index contributed by atoms with van der Waals surface area (Å²) in [5.41, 5.74) is 3.81. The van der Waals surface area contributed by atoms with E-state index < -0.39 is 6.10 Å². The third-order valence-corrected chi connectivity index (χ3v) is 4.87. The molecule has 0 saturated heterocycles. The van der Waals surface area contributed by atoms with Crippen molar-refractivity contribution < 1.29 is 24.4 Å². The van der Waals surface area contributed by atoms with E-state index in [1.807, 2.05) is 36.4 Å². The summed E-state index contributed by atoms with van der Waals surface area (Å²) in [6.45, 7) is 4.56. The molecule has 0 spiro atoms. The smallest absolute Gasteiger partial charge is 0.161 e. The summed E-state index contributed by atoms with van der Waals surface area (Å²) in [4.78, 5) is 0. The Morgan fingerprint density at radius 1 is 1.10 bits per heavy atom. The maximum Gasteiger partial charge on any atom is 0.161 e. The molecule has 0 aliphatic carbocycles. The van der Waals surface area contributed by atoms with Crippen LogP contribution in [0.4, 0.5) is 0 Å². The van der Waals surface area contributed by atoms with Crippen LogP contribution in [0.1, 0.15) is 48.6 Å². The Morgan fingerprint density at radius 2 is 1.86 bits per heavy atom. The Labute approximate surface area is 172 Å². The van der Waals surface area contributed by atoms with E-state index in [9.17, 15) is 10.2 Å². The second kappa shape index (κ2) is 9.80. The van der Waals surface area contributed by atoms with Crippen LogP contribution in [0.2, 0.25) is 0 Å². The van der Waals surface area contributed by atoms with Crippen molar-refractivity contribution in [1.82, 2.24) is 0 Å². The Bertz CT molecular complexity index is 868. The van der Waals surface area contributed by atoms with Gasteiger partial charge in [-0.05, 0) is 55.2 Å². The molecule has 1 heterocycles. The van der Waals surface area contributed by atoms with Crippen LogP contribution in [0.3, 0.4) is 0 Å². The van der Waals surface area contributed by atoms with E-state index in [-0.39, 0.29) is 18.8 Å². The summed E-state index contributed by atoms with van der Waals surface area (Å²) in [5.74, 6) is 4.26. The number of rotatable bonds is 8. The van der Waals surface area contributed by atoms with Crippen LogP contribution in [0.15, 0.2) is 36.4 Å². The van der Waals surface area contributed by atoms with Crippen molar-refractivity contribution in [3.63, 3.8) is 0 Å². The summed E-state index contributed by atoms with van der Waals surface area (Å²) in [5, 5.41) is 19.2. The summed E-state index contributed by atoms with van der Waals surface area (Å²) < 4.78 is 17.2. The highest BCUT2D eigenvalue weighted by Gasteiger charge is 2.19. The van der Waals surface area contributed by atoms with E-state index in [4.69, 9.17) is 20.6 Å². The van der Waals surface area contributed by atoms with Crippen LogP contribution in [0.25, 0.3) is 0 Å². The van der Waals surface area contributed by atoms with Crippen molar-refractivity contribution in [3.05, 3.63) is 58.7 Å². The van der Waals surface area contributed by atoms with Gasteiger partial charge >= 0.3 is 0 Å². The standard InChI is InChI=1S/C24H28O5/c1-4-19-6-7-20(23(11-16(2)26)29-17(3)15-25)14-21(19)12-18-5-8-22-24(13-18)28-10-9-27-22/h1,5-8,13-14,16-17,23,25-26H,9-12,15H2,2-3H3/t16-,17-,23+/m0/s1. The maximum atomic E-state index is 9.89. The molecule has 0 unspecified atom stereocenters. The molecule has 154 valence electrons. The molecule has 0 amide bonds. The van der Waals surface area contributed by atoms with Gasteiger partial charge in [-0.1, -0.05) is 24.1 Å². The molecule has 5 nitrogen and oxygen atoms in total. The zero-order valence-electron chi connectivity index (χ0n) is 16.9. The molecule has 1 aliphatic rings. The number of ether oxygens (including phenoxy) is 3. The molecule has 0 bridgehead atoms. The minimum absolute atomic E-state index is 0.0806. The summed E-state index contributed by atoms with van der Waals surface area (Å²) >= 11 is 0. The molecule has 2 aromatic carbocycles. The number of aliphatic hydroxyl groups is 2. The fourth-order valence-electron chi connectivity index (χ4n) is 3.42. The second-order valence-corrected chi connectivity index (χ2v) is 7.42. The molecule has 2 aromatic rings. The second-order valence-electron chi connectivity index (χ2n) is 7.42. The van der Waals surface area contributed by atoms with E-state index >= 15 is 0 Å². The SMILES string of the molecule is C#Cc1ccc([C@@H](C[C@H](C)O)O[C@@H](C)CO)cc1Cc1ccc2c(c1)OCCO2. The van der Waals surface area contributed by atoms with E-state index in [1.165, 1.54) is 0 Å². The number of fused-ring (bicyclic) bond motifs is 1. The van der Waals surface area contributed by atoms with Crippen LogP contribution in [-0.2, 0) is 11.2 Å². The molecule has 0 radical (unpaired) electrons. The lowest BCUT2D eigenvalue weighted by Crippen LogP contribution is -2.20. The highest BCUT2D eigenvalue weighted by Crippen LogP contribution is 2.32. The third-order valence-electron chi connectivity index (χ3n) is 4.87. The first-order valence-electron chi connectivity index (χ1n) is 9.92. The number of hydrogen-bond donors (Lipinski definition) is 2. The minimum atomic E-state index is -0.528. The molecule has 0 saturated carbocycles. The van der Waals surface area contributed by atoms with Gasteiger partial charge in [0, 0.05) is 12.0 Å². The number of terminal acetylenes is 1. The van der Waals surface area contributed by atoms with Gasteiger partial charge < -0.3 is 24.4 Å². The predicted molar refractivity (Wildman–Crippen MR) is 111 cm³/mol. The highest BCUT2D eigenvalue weighted by atomic mass is 16.6. The van der Waals surface area contributed by atoms with Crippen molar-refractivity contribution in [2.45, 2.75) is 45.0 Å². The van der Waals surface area contributed by atoms with Gasteiger partial charge in [-0.15, -0.1) is 6.42 Å². The number of benzene rings is 2. The third kappa shape index (κ3) is 5.51. The Hall–Kier alpha value is -2.52. The average Bonchev–Trinajstić information content (AvgIpc) is 2.72. The van der Waals surface area contributed by atoms with Gasteiger partial charge in [0.15, 0.2) is 11.5 Å². The molecule has 0 aromatic heterocycles. The Balaban J connectivity index is 1.88. The predicted octanol–water partition coefficient (Wildman–Crippen LogP) is 3.24. The zero-order chi connectivity index (χ0) is 20.8. The quantitative estimate of drug-likeness (QED) is 0.671. The molecule has 5 heteroatoms. The zero-order valence-corrected chi connectivity index (χ0v) is 16.9. The topological polar surface area (TPSA) is 68.2 Å². The fraction of sp³-hybridized carbons (Fsp3) is 0.417. The van der Waals surface area contributed by atoms with Crippen molar-refractivity contribution in [1.29, 1.82) is 0 Å². The van der Waals surface area contributed by atoms with Gasteiger partial charge in [-0.3, -0.25) is 0 Å². The van der Waals surface area contributed by atoms with Crippen LogP contribution >= 0.6 is 0 Å². The molecule has 2 N–H and O–H groups in total. The minimum Gasteiger partial charge on any atom is -0.486 e. The molecule has 29 heavy (non-hydrogen) atoms. The fourth-order valence-corrected chi connectivity index (χ4v) is 3.42. The summed E-state index contributed by atoms with van der Waals surface area (Å²) in [6, 6.07) is 11.8. The van der Waals surface area contributed by atoms with Gasteiger partial charge in [-0.25, -0.2) is 0 Å². The summed E-state index contributed by atoms with van der Waals surface area (Å²) in [6.07, 6.45) is 5.61. The van der Waals surface area contributed by atoms with Crippen molar-refractivity contribution >= 4 is 0 Å². The van der Waals surface area contributed by atoms with Crippen molar-refractivity contribution in [2.24, 2.45) is 0 Å². The molecular weight excluding hydrogens is 368 g/mol. The average molecular weight is 396 g/mol. The van der Waals surface area contributed by atoms with E-state index in [0.717, 1.165) is 33.8 Å². The van der Waals surface area contributed by atoms with Crippen LogP contribution in [0.5, 0.6) is 11.5 Å². The maximum absolute atomic E-state index is 9.89. The van der Waals surface area contributed by atoms with Crippen molar-refractivity contribution in [2.75, 3.05) is 19.8 Å². The van der Waals surface area contributed by atoms with Crippen LogP contribution < -0.4 is 9.47 Å². The molecular formula is C24H28O5. The van der Waals surface area contributed by atoms with E-state index in [2.05, 4.69) is 5.92 Å². The molecule has 0 fully saturated rings. The Kier molecular flexibility index (Phi) is 7.16. The monoisotopic (exact) mass is 396 g/mol. The van der Waals surface area contributed by atoms with Crippen LogP contribution in [-0.4, -0.2) is 42.2 Å². The number of hydrogen-bond acceptors (Lipinski definition) is 5. The first-order valence-corrected chi connectivity index (χ1v) is 9.92. The number of aliphatic hydroxyl groups excluding tert-OH is 2. The summed E-state index contributed by atoms with van der Waals surface area (Å²) in [7, 11) is 0. The van der Waals surface area contributed by atoms with Crippen molar-refractivity contribution in [3.8, 4) is 23.8 Å². The Morgan fingerprint density at radius 3 is 2.55 bits per heavy atom. The lowest BCUT2D eigenvalue weighted by atomic mass is 9.94. The lowest BCUT2D eigenvalue weighted by molar-refractivity contribution is -0.0485. The largest absolute Gasteiger partial charge is 0.486 e. The lowest BCUT2D eigenvalue weighted by Gasteiger charge is -2.24. The molecule has 3 atom stereocenters. The first-order chi connectivity index (χ1) is 14.0. The first kappa shape index (κ1) is 21.2. The molecule has 1 aliphatic heterocycles. The van der Waals surface area contributed by atoms with E-state index in [0.29, 0.717) is 26.1 Å². The molecule has 3 rings (SSSR count). The van der Waals surface area contributed by atoms with Gasteiger partial charge in [-0.2, -0.15) is 0 Å². The van der Waals surface area contributed by atoms with Gasteiger partial charge in [0.25, 0.3) is 0 Å². The van der Waals surface area contributed by atoms with E-state index in [1.54, 1.807) is 13.8 Å². The van der Waals surface area contributed by atoms with Gasteiger partial charge in [0.05, 0.1) is 24.9 Å². The normalized spacial score (nSPS) is 16.0. The van der Waals surface area contributed by atoms with Crippen LogP contribution in [0, 0.1) is 12.3 Å².